The maximum absolute atomic E-state index is 13.4. The van der Waals surface area contributed by atoms with Crippen molar-refractivity contribution in [2.45, 2.75) is 30.7 Å². The van der Waals surface area contributed by atoms with Gasteiger partial charge in [-0.25, -0.2) is 8.78 Å². The molecule has 35 heavy (non-hydrogen) atoms. The van der Waals surface area contributed by atoms with Gasteiger partial charge >= 0.3 is 0 Å². The first kappa shape index (κ1) is 24.0. The summed E-state index contributed by atoms with van der Waals surface area (Å²) >= 11 is 1.81. The Bertz CT molecular complexity index is 1140. The number of nitrogens with one attached hydrogen (secondary N) is 2. The predicted octanol–water partition coefficient (Wildman–Crippen LogP) is 6.52. The number of piperidine rings is 1. The number of fused-ring (bicyclic) bond motifs is 1. The molecular formula is C29H31F2N3S. The lowest BCUT2D eigenvalue weighted by atomic mass is 10.0. The van der Waals surface area contributed by atoms with Gasteiger partial charge in [-0.2, -0.15) is 0 Å². The van der Waals surface area contributed by atoms with Gasteiger partial charge in [0.25, 0.3) is 0 Å². The minimum atomic E-state index is -0.242. The van der Waals surface area contributed by atoms with E-state index in [-0.39, 0.29) is 16.9 Å². The van der Waals surface area contributed by atoms with Crippen LogP contribution < -0.4 is 5.32 Å². The molecule has 1 aliphatic heterocycles. The van der Waals surface area contributed by atoms with Crippen LogP contribution >= 0.6 is 11.8 Å². The number of likely N-dealkylation sites (tertiary alicyclic amines) is 1. The molecule has 0 saturated carbocycles. The molecule has 0 radical (unpaired) electrons. The van der Waals surface area contributed by atoms with Crippen molar-refractivity contribution in [3.63, 3.8) is 0 Å². The Morgan fingerprint density at radius 2 is 1.51 bits per heavy atom. The highest BCUT2D eigenvalue weighted by atomic mass is 32.2. The molecule has 1 aromatic heterocycles. The van der Waals surface area contributed by atoms with Crippen LogP contribution in [0.25, 0.3) is 10.9 Å². The van der Waals surface area contributed by atoms with E-state index in [9.17, 15) is 8.78 Å². The van der Waals surface area contributed by atoms with Crippen molar-refractivity contribution < 1.29 is 8.78 Å². The summed E-state index contributed by atoms with van der Waals surface area (Å²) < 4.78 is 26.9. The SMILES string of the molecule is Fc1ccc(C(SCCNC2CCN(Cc3cc4ccccc4[nH]3)CC2)c2ccc(F)cc2)cc1. The Morgan fingerprint density at radius 3 is 2.14 bits per heavy atom. The molecule has 1 saturated heterocycles. The maximum Gasteiger partial charge on any atom is 0.123 e. The molecule has 2 N–H and O–H groups in total. The van der Waals surface area contributed by atoms with Gasteiger partial charge in [0, 0.05) is 49.2 Å². The first-order valence-electron chi connectivity index (χ1n) is 12.3. The Balaban J connectivity index is 1.09. The van der Waals surface area contributed by atoms with Crippen LogP contribution in [0, 0.1) is 11.6 Å². The van der Waals surface area contributed by atoms with Gasteiger partial charge in [-0.3, -0.25) is 4.90 Å². The Hall–Kier alpha value is -2.67. The van der Waals surface area contributed by atoms with Gasteiger partial charge in [0.15, 0.2) is 0 Å². The molecule has 0 aliphatic carbocycles. The second-order valence-corrected chi connectivity index (χ2v) is 10.5. The number of para-hydroxylation sites is 1. The summed E-state index contributed by atoms with van der Waals surface area (Å²) in [5.74, 6) is 0.442. The van der Waals surface area contributed by atoms with Gasteiger partial charge in [0.05, 0.1) is 5.25 Å². The second kappa shape index (κ2) is 11.4. The molecule has 6 heteroatoms. The monoisotopic (exact) mass is 491 g/mol. The molecule has 1 fully saturated rings. The summed E-state index contributed by atoms with van der Waals surface area (Å²) in [4.78, 5) is 6.06. The van der Waals surface area contributed by atoms with E-state index < -0.39 is 0 Å². The lowest BCUT2D eigenvalue weighted by Crippen LogP contribution is -2.42. The van der Waals surface area contributed by atoms with Crippen LogP contribution in [0.2, 0.25) is 0 Å². The summed E-state index contributed by atoms with van der Waals surface area (Å²) in [5, 5.41) is 5.05. The van der Waals surface area contributed by atoms with E-state index >= 15 is 0 Å². The standard InChI is InChI=1S/C29H31F2N3S/c30-24-9-5-21(6-10-24)29(22-7-11-25(31)12-8-22)35-18-15-32-26-13-16-34(17-14-26)20-27-19-23-3-1-2-4-28(23)33-27/h1-12,19,26,29,32-33H,13-18,20H2. The number of H-pyrrole nitrogens is 1. The minimum Gasteiger partial charge on any atom is -0.357 e. The molecule has 0 atom stereocenters. The largest absolute Gasteiger partial charge is 0.357 e. The fraction of sp³-hybridized carbons (Fsp3) is 0.310. The third-order valence-electron chi connectivity index (χ3n) is 6.73. The second-order valence-electron chi connectivity index (χ2n) is 9.24. The number of thioether (sulfide) groups is 1. The van der Waals surface area contributed by atoms with Crippen molar-refractivity contribution in [1.29, 1.82) is 0 Å². The van der Waals surface area contributed by atoms with Crippen LogP contribution in [0.1, 0.15) is 34.9 Å². The number of benzene rings is 3. The summed E-state index contributed by atoms with van der Waals surface area (Å²) in [7, 11) is 0. The van der Waals surface area contributed by atoms with Gasteiger partial charge in [-0.1, -0.05) is 42.5 Å². The zero-order chi connectivity index (χ0) is 24.0. The van der Waals surface area contributed by atoms with Crippen molar-refractivity contribution in [2.24, 2.45) is 0 Å². The van der Waals surface area contributed by atoms with Gasteiger partial charge in [-0.15, -0.1) is 11.8 Å². The van der Waals surface area contributed by atoms with E-state index in [1.165, 1.54) is 40.9 Å². The fourth-order valence-electron chi connectivity index (χ4n) is 4.85. The Kier molecular flexibility index (Phi) is 7.82. The minimum absolute atomic E-state index is 0.0520. The first-order chi connectivity index (χ1) is 17.1. The molecule has 5 rings (SSSR count). The molecular weight excluding hydrogens is 460 g/mol. The predicted molar refractivity (Wildman–Crippen MR) is 142 cm³/mol. The smallest absolute Gasteiger partial charge is 0.123 e. The highest BCUT2D eigenvalue weighted by Crippen LogP contribution is 2.35. The number of halogens is 2. The van der Waals surface area contributed by atoms with Crippen molar-refractivity contribution in [3.8, 4) is 0 Å². The van der Waals surface area contributed by atoms with Crippen LogP contribution in [0.5, 0.6) is 0 Å². The van der Waals surface area contributed by atoms with Gasteiger partial charge < -0.3 is 10.3 Å². The zero-order valence-corrected chi connectivity index (χ0v) is 20.5. The molecule has 3 nitrogen and oxygen atoms in total. The molecule has 182 valence electrons. The molecule has 2 heterocycles. The van der Waals surface area contributed by atoms with E-state index in [1.807, 2.05) is 36.0 Å². The Morgan fingerprint density at radius 1 is 0.886 bits per heavy atom. The van der Waals surface area contributed by atoms with Crippen LogP contribution in [0.3, 0.4) is 0 Å². The molecule has 4 aromatic rings. The average Bonchev–Trinajstić information content (AvgIpc) is 3.29. The van der Waals surface area contributed by atoms with Gasteiger partial charge in [0.1, 0.15) is 11.6 Å². The van der Waals surface area contributed by atoms with Crippen LogP contribution in [0.15, 0.2) is 78.9 Å². The first-order valence-corrected chi connectivity index (χ1v) is 13.3. The molecule has 0 unspecified atom stereocenters. The van der Waals surface area contributed by atoms with Crippen molar-refractivity contribution in [1.82, 2.24) is 15.2 Å². The van der Waals surface area contributed by atoms with E-state index in [2.05, 4.69) is 45.5 Å². The number of aromatic nitrogens is 1. The summed E-state index contributed by atoms with van der Waals surface area (Å²) in [6.07, 6.45) is 2.29. The zero-order valence-electron chi connectivity index (χ0n) is 19.7. The topological polar surface area (TPSA) is 31.1 Å². The molecule has 0 amide bonds. The van der Waals surface area contributed by atoms with Crippen LogP contribution in [-0.2, 0) is 6.54 Å². The molecule has 0 spiro atoms. The van der Waals surface area contributed by atoms with Gasteiger partial charge in [-0.05, 0) is 65.8 Å². The molecule has 0 bridgehead atoms. The Labute approximate surface area is 209 Å². The third kappa shape index (κ3) is 6.31. The number of nitrogens with zero attached hydrogens (tertiary/aromatic N) is 1. The van der Waals surface area contributed by atoms with E-state index in [4.69, 9.17) is 0 Å². The fourth-order valence-corrected chi connectivity index (χ4v) is 6.03. The summed E-state index contributed by atoms with van der Waals surface area (Å²) in [6.45, 7) is 4.06. The summed E-state index contributed by atoms with van der Waals surface area (Å²) in [5.41, 5.74) is 4.55. The lowest BCUT2D eigenvalue weighted by molar-refractivity contribution is 0.190. The van der Waals surface area contributed by atoms with E-state index in [1.54, 1.807) is 0 Å². The van der Waals surface area contributed by atoms with Crippen LogP contribution in [-0.4, -0.2) is 41.3 Å². The van der Waals surface area contributed by atoms with Crippen molar-refractivity contribution in [2.75, 3.05) is 25.4 Å². The number of hydrogen-bond acceptors (Lipinski definition) is 3. The third-order valence-corrected chi connectivity index (χ3v) is 8.05. The quantitative estimate of drug-likeness (QED) is 0.261. The maximum atomic E-state index is 13.4. The molecule has 3 aromatic carbocycles. The van der Waals surface area contributed by atoms with Gasteiger partial charge in [0.2, 0.25) is 0 Å². The highest BCUT2D eigenvalue weighted by molar-refractivity contribution is 7.99. The number of aromatic amines is 1. The van der Waals surface area contributed by atoms with Crippen LogP contribution in [0.4, 0.5) is 8.78 Å². The van der Waals surface area contributed by atoms with E-state index in [0.29, 0.717) is 6.04 Å². The number of hydrogen-bond donors (Lipinski definition) is 2. The van der Waals surface area contributed by atoms with E-state index in [0.717, 1.165) is 55.9 Å². The normalized spacial score (nSPS) is 15.3. The summed E-state index contributed by atoms with van der Waals surface area (Å²) in [6, 6.07) is 24.5. The van der Waals surface area contributed by atoms with Crippen molar-refractivity contribution >= 4 is 22.7 Å². The molecule has 1 aliphatic rings. The van der Waals surface area contributed by atoms with Crippen molar-refractivity contribution in [3.05, 3.63) is 107 Å². The lowest BCUT2D eigenvalue weighted by Gasteiger charge is -2.32. The number of rotatable bonds is 9. The average molecular weight is 492 g/mol. The highest BCUT2D eigenvalue weighted by Gasteiger charge is 2.20.